The van der Waals surface area contributed by atoms with Crippen molar-refractivity contribution in [1.29, 1.82) is 0 Å². The van der Waals surface area contributed by atoms with Crippen LogP contribution in [-0.2, 0) is 16.8 Å². The van der Waals surface area contributed by atoms with Crippen molar-refractivity contribution in [2.45, 2.75) is 24.9 Å². The van der Waals surface area contributed by atoms with Crippen molar-refractivity contribution in [3.05, 3.63) is 29.3 Å². The van der Waals surface area contributed by atoms with E-state index in [2.05, 4.69) is 0 Å². The van der Waals surface area contributed by atoms with Crippen LogP contribution in [0.4, 0.5) is 0 Å². The average Bonchev–Trinajstić information content (AvgIpc) is 2.99. The predicted molar refractivity (Wildman–Crippen MR) is 52.6 cm³/mol. The van der Waals surface area contributed by atoms with Crippen LogP contribution < -0.4 is 0 Å². The Kier molecular flexibility index (Phi) is 2.16. The van der Waals surface area contributed by atoms with Crippen molar-refractivity contribution in [2.24, 2.45) is 0 Å². The number of rotatable bonds is 3. The van der Waals surface area contributed by atoms with E-state index in [1.807, 2.05) is 0 Å². The molecular formula is C11H12O4. The van der Waals surface area contributed by atoms with Gasteiger partial charge in [0.1, 0.15) is 5.75 Å². The topological polar surface area (TPSA) is 77.8 Å². The first-order valence-corrected chi connectivity index (χ1v) is 4.77. The van der Waals surface area contributed by atoms with Gasteiger partial charge in [-0.1, -0.05) is 18.2 Å². The number of hydrogen-bond acceptors (Lipinski definition) is 3. The Labute approximate surface area is 86.8 Å². The molecule has 0 bridgehead atoms. The lowest BCUT2D eigenvalue weighted by Crippen LogP contribution is -2.19. The quantitative estimate of drug-likeness (QED) is 0.692. The number of aliphatic hydroxyl groups is 1. The highest BCUT2D eigenvalue weighted by atomic mass is 16.4. The number of aliphatic hydroxyl groups excluding tert-OH is 1. The number of hydrogen-bond donors (Lipinski definition) is 3. The van der Waals surface area contributed by atoms with Gasteiger partial charge in [0.25, 0.3) is 0 Å². The molecule has 0 amide bonds. The van der Waals surface area contributed by atoms with Crippen LogP contribution in [0.1, 0.15) is 24.0 Å². The van der Waals surface area contributed by atoms with Crippen LogP contribution in [0.2, 0.25) is 0 Å². The lowest BCUT2D eigenvalue weighted by atomic mass is 9.93. The highest BCUT2D eigenvalue weighted by Gasteiger charge is 2.53. The molecule has 0 spiro atoms. The smallest absolute Gasteiger partial charge is 0.314 e. The van der Waals surface area contributed by atoms with Crippen molar-refractivity contribution in [3.63, 3.8) is 0 Å². The maximum atomic E-state index is 11.1. The maximum absolute atomic E-state index is 11.1. The number of carbonyl (C=O) groups is 1. The van der Waals surface area contributed by atoms with E-state index in [9.17, 15) is 9.90 Å². The number of benzene rings is 1. The first-order valence-electron chi connectivity index (χ1n) is 4.77. The minimum absolute atomic E-state index is 0.0834. The van der Waals surface area contributed by atoms with Crippen molar-refractivity contribution in [2.75, 3.05) is 0 Å². The molecule has 3 N–H and O–H groups in total. The second-order valence-corrected chi connectivity index (χ2v) is 3.86. The molecule has 1 fully saturated rings. The molecule has 1 aliphatic rings. The van der Waals surface area contributed by atoms with Gasteiger partial charge in [-0.05, 0) is 12.8 Å². The fraction of sp³-hybridized carbons (Fsp3) is 0.364. The Morgan fingerprint density at radius 1 is 1.40 bits per heavy atom. The van der Waals surface area contributed by atoms with Crippen LogP contribution in [-0.4, -0.2) is 21.3 Å². The molecule has 0 aromatic heterocycles. The summed E-state index contributed by atoms with van der Waals surface area (Å²) >= 11 is 0. The zero-order valence-electron chi connectivity index (χ0n) is 8.10. The van der Waals surface area contributed by atoms with Crippen LogP contribution in [0, 0.1) is 0 Å². The Bertz CT molecular complexity index is 407. The fourth-order valence-corrected chi connectivity index (χ4v) is 1.83. The molecule has 80 valence electrons. The van der Waals surface area contributed by atoms with E-state index in [4.69, 9.17) is 10.2 Å². The zero-order chi connectivity index (χ0) is 11.1. The molecule has 0 radical (unpaired) electrons. The molecule has 0 aliphatic heterocycles. The lowest BCUT2D eigenvalue weighted by molar-refractivity contribution is -0.140. The normalized spacial score (nSPS) is 17.4. The second kappa shape index (κ2) is 3.24. The Morgan fingerprint density at radius 2 is 2.07 bits per heavy atom. The molecule has 1 saturated carbocycles. The van der Waals surface area contributed by atoms with E-state index < -0.39 is 11.4 Å². The van der Waals surface area contributed by atoms with Gasteiger partial charge in [0, 0.05) is 11.1 Å². The Hall–Kier alpha value is -1.55. The van der Waals surface area contributed by atoms with Crippen LogP contribution in [0.3, 0.4) is 0 Å². The van der Waals surface area contributed by atoms with Gasteiger partial charge in [0.15, 0.2) is 0 Å². The first-order chi connectivity index (χ1) is 7.12. The summed E-state index contributed by atoms with van der Waals surface area (Å²) in [4.78, 5) is 11.1. The van der Waals surface area contributed by atoms with Gasteiger partial charge in [0.05, 0.1) is 12.0 Å². The molecule has 15 heavy (non-hydrogen) atoms. The van der Waals surface area contributed by atoms with E-state index in [0.717, 1.165) is 0 Å². The summed E-state index contributed by atoms with van der Waals surface area (Å²) in [6, 6.07) is 4.84. The lowest BCUT2D eigenvalue weighted by Gasteiger charge is -2.13. The van der Waals surface area contributed by atoms with E-state index >= 15 is 0 Å². The summed E-state index contributed by atoms with van der Waals surface area (Å²) in [5.41, 5.74) is -0.128. The van der Waals surface area contributed by atoms with Gasteiger partial charge < -0.3 is 15.3 Å². The van der Waals surface area contributed by atoms with E-state index in [-0.39, 0.29) is 12.4 Å². The van der Waals surface area contributed by atoms with Crippen LogP contribution in [0.5, 0.6) is 5.75 Å². The van der Waals surface area contributed by atoms with Crippen LogP contribution in [0.25, 0.3) is 0 Å². The monoisotopic (exact) mass is 208 g/mol. The molecule has 0 unspecified atom stereocenters. The molecule has 0 atom stereocenters. The molecule has 2 rings (SSSR count). The van der Waals surface area contributed by atoms with Crippen molar-refractivity contribution < 1.29 is 20.1 Å². The van der Waals surface area contributed by atoms with Crippen LogP contribution >= 0.6 is 0 Å². The molecule has 1 aliphatic carbocycles. The second-order valence-electron chi connectivity index (χ2n) is 3.86. The largest absolute Gasteiger partial charge is 0.507 e. The number of carboxylic acid groups (broad SMARTS) is 1. The predicted octanol–water partition coefficient (Wildman–Crippen LogP) is 1.00. The molecule has 1 aromatic rings. The fourth-order valence-electron chi connectivity index (χ4n) is 1.83. The van der Waals surface area contributed by atoms with Crippen molar-refractivity contribution in [1.82, 2.24) is 0 Å². The summed E-state index contributed by atoms with van der Waals surface area (Å²) in [6.45, 7) is -0.282. The molecule has 4 nitrogen and oxygen atoms in total. The maximum Gasteiger partial charge on any atom is 0.314 e. The number of carboxylic acids is 1. The number of phenols is 1. The third-order valence-corrected chi connectivity index (χ3v) is 2.96. The standard InChI is InChI=1S/C11H12O4/c12-6-7-2-1-3-8(9(7)13)11(4-5-11)10(14)15/h1-3,12-13H,4-6H2,(H,14,15). The van der Waals surface area contributed by atoms with Crippen molar-refractivity contribution in [3.8, 4) is 5.75 Å². The summed E-state index contributed by atoms with van der Waals surface area (Å²) in [7, 11) is 0. The van der Waals surface area contributed by atoms with Gasteiger partial charge in [-0.25, -0.2) is 0 Å². The van der Waals surface area contributed by atoms with Gasteiger partial charge in [-0.15, -0.1) is 0 Å². The van der Waals surface area contributed by atoms with Gasteiger partial charge in [-0.3, -0.25) is 4.79 Å². The number of para-hydroxylation sites is 1. The summed E-state index contributed by atoms with van der Waals surface area (Å²) in [5.74, 6) is -0.993. The van der Waals surface area contributed by atoms with Gasteiger partial charge >= 0.3 is 5.97 Å². The molecule has 4 heteroatoms. The third-order valence-electron chi connectivity index (χ3n) is 2.96. The van der Waals surface area contributed by atoms with Gasteiger partial charge in [0.2, 0.25) is 0 Å². The third kappa shape index (κ3) is 1.37. The van der Waals surface area contributed by atoms with Crippen LogP contribution in [0.15, 0.2) is 18.2 Å². The van der Waals surface area contributed by atoms with E-state index in [0.29, 0.717) is 24.0 Å². The van der Waals surface area contributed by atoms with Crippen molar-refractivity contribution >= 4 is 5.97 Å². The summed E-state index contributed by atoms with van der Waals surface area (Å²) < 4.78 is 0. The molecular weight excluding hydrogens is 196 g/mol. The minimum Gasteiger partial charge on any atom is -0.507 e. The molecule has 1 aromatic carbocycles. The summed E-state index contributed by atoms with van der Waals surface area (Å²) in [5, 5.41) is 27.8. The first kappa shape index (κ1) is 9.98. The van der Waals surface area contributed by atoms with Gasteiger partial charge in [-0.2, -0.15) is 0 Å². The Balaban J connectivity index is 2.50. The number of aliphatic carboxylic acids is 1. The Morgan fingerprint density at radius 3 is 2.53 bits per heavy atom. The highest BCUT2D eigenvalue weighted by Crippen LogP contribution is 2.51. The zero-order valence-corrected chi connectivity index (χ0v) is 8.10. The summed E-state index contributed by atoms with van der Waals surface area (Å²) in [6.07, 6.45) is 1.09. The average molecular weight is 208 g/mol. The minimum atomic E-state index is -0.921. The number of aromatic hydroxyl groups is 1. The highest BCUT2D eigenvalue weighted by molar-refractivity contribution is 5.86. The molecule has 0 saturated heterocycles. The van der Waals surface area contributed by atoms with E-state index in [1.54, 1.807) is 18.2 Å². The van der Waals surface area contributed by atoms with E-state index in [1.165, 1.54) is 0 Å². The SMILES string of the molecule is O=C(O)C1(c2cccc(CO)c2O)CC1. The molecule has 0 heterocycles.